The average molecular weight is 338 g/mol. The van der Waals surface area contributed by atoms with E-state index in [1.54, 1.807) is 0 Å². The molecule has 0 heterocycles. The highest BCUT2D eigenvalue weighted by Gasteiger charge is 2.28. The molecule has 0 saturated carbocycles. The van der Waals surface area contributed by atoms with Crippen LogP contribution in [0.5, 0.6) is 0 Å². The van der Waals surface area contributed by atoms with Crippen molar-refractivity contribution in [1.29, 1.82) is 0 Å². The molecule has 1 N–H and O–H groups in total. The van der Waals surface area contributed by atoms with E-state index in [4.69, 9.17) is 9.47 Å². The van der Waals surface area contributed by atoms with Crippen LogP contribution in [0, 0.1) is 10.1 Å². The smallest absolute Gasteiger partial charge is 0.303 e. The van der Waals surface area contributed by atoms with E-state index in [1.165, 1.54) is 45.0 Å². The summed E-state index contributed by atoms with van der Waals surface area (Å²) < 4.78 is 10.1. The number of hydrogen-bond acceptors (Lipinski definition) is 7. The van der Waals surface area contributed by atoms with Crippen LogP contribution in [0.3, 0.4) is 0 Å². The van der Waals surface area contributed by atoms with Crippen LogP contribution in [-0.4, -0.2) is 35.4 Å². The van der Waals surface area contributed by atoms with Gasteiger partial charge in [-0.15, -0.1) is 0 Å². The largest absolute Gasteiger partial charge is 0.464 e. The van der Waals surface area contributed by atoms with Crippen molar-refractivity contribution in [2.45, 2.75) is 32.9 Å². The van der Waals surface area contributed by atoms with Crippen molar-refractivity contribution in [3.8, 4) is 0 Å². The van der Waals surface area contributed by atoms with Crippen LogP contribution < -0.4 is 5.32 Å². The fourth-order valence-corrected chi connectivity index (χ4v) is 2.02. The Kier molecular flexibility index (Phi) is 6.84. The van der Waals surface area contributed by atoms with Gasteiger partial charge < -0.3 is 14.8 Å². The fraction of sp³-hybridized carbons (Fsp3) is 0.400. The van der Waals surface area contributed by atoms with E-state index in [1.807, 2.05) is 0 Å². The monoisotopic (exact) mass is 338 g/mol. The van der Waals surface area contributed by atoms with E-state index < -0.39 is 34.9 Å². The summed E-state index contributed by atoms with van der Waals surface area (Å²) >= 11 is 0. The minimum absolute atomic E-state index is 0.128. The maximum Gasteiger partial charge on any atom is 0.303 e. The van der Waals surface area contributed by atoms with E-state index in [9.17, 15) is 24.5 Å². The van der Waals surface area contributed by atoms with Crippen molar-refractivity contribution in [1.82, 2.24) is 5.32 Å². The van der Waals surface area contributed by atoms with Crippen LogP contribution in [0.15, 0.2) is 24.3 Å². The predicted molar refractivity (Wildman–Crippen MR) is 81.8 cm³/mol. The molecule has 1 rings (SSSR count). The highest BCUT2D eigenvalue weighted by atomic mass is 16.6. The molecule has 9 heteroatoms. The van der Waals surface area contributed by atoms with E-state index in [-0.39, 0.29) is 12.3 Å². The second-order valence-electron chi connectivity index (χ2n) is 4.99. The molecule has 0 aliphatic heterocycles. The van der Waals surface area contributed by atoms with Gasteiger partial charge in [-0.25, -0.2) is 0 Å². The van der Waals surface area contributed by atoms with Crippen LogP contribution in [0.4, 0.5) is 5.69 Å². The first-order chi connectivity index (χ1) is 11.2. The van der Waals surface area contributed by atoms with Crippen molar-refractivity contribution < 1.29 is 28.8 Å². The second kappa shape index (κ2) is 8.61. The fourth-order valence-electron chi connectivity index (χ4n) is 2.02. The van der Waals surface area contributed by atoms with E-state index in [2.05, 4.69) is 5.32 Å². The topological polar surface area (TPSA) is 125 Å². The molecule has 2 atom stereocenters. The summed E-state index contributed by atoms with van der Waals surface area (Å²) in [7, 11) is 0. The number of nitro benzene ring substituents is 1. The van der Waals surface area contributed by atoms with E-state index in [0.717, 1.165) is 0 Å². The number of non-ortho nitro benzene ring substituents is 1. The van der Waals surface area contributed by atoms with Gasteiger partial charge in [0.1, 0.15) is 12.6 Å². The Balaban J connectivity index is 3.13. The van der Waals surface area contributed by atoms with Gasteiger partial charge in [-0.3, -0.25) is 24.5 Å². The maximum atomic E-state index is 11.4. The molecule has 0 spiro atoms. The van der Waals surface area contributed by atoms with Gasteiger partial charge in [-0.05, 0) is 17.7 Å². The second-order valence-corrected chi connectivity index (χ2v) is 4.99. The molecule has 1 aromatic carbocycles. The average Bonchev–Trinajstić information content (AvgIpc) is 2.48. The Morgan fingerprint density at radius 1 is 1.12 bits per heavy atom. The van der Waals surface area contributed by atoms with Crippen molar-refractivity contribution in [2.75, 3.05) is 6.61 Å². The number of amides is 1. The molecule has 9 nitrogen and oxygen atoms in total. The van der Waals surface area contributed by atoms with E-state index >= 15 is 0 Å². The van der Waals surface area contributed by atoms with Gasteiger partial charge in [-0.2, -0.15) is 0 Å². The van der Waals surface area contributed by atoms with Gasteiger partial charge in [0, 0.05) is 32.9 Å². The van der Waals surface area contributed by atoms with Crippen molar-refractivity contribution in [3.05, 3.63) is 39.9 Å². The number of rotatable bonds is 7. The van der Waals surface area contributed by atoms with Crippen molar-refractivity contribution >= 4 is 23.5 Å². The molecule has 0 bridgehead atoms. The van der Waals surface area contributed by atoms with Gasteiger partial charge in [0.15, 0.2) is 6.10 Å². The minimum atomic E-state index is -0.966. The summed E-state index contributed by atoms with van der Waals surface area (Å²) in [6, 6.07) is 4.49. The Hall–Kier alpha value is -2.97. The normalized spacial score (nSPS) is 12.6. The summed E-state index contributed by atoms with van der Waals surface area (Å²) in [5.41, 5.74) is 0.290. The highest BCUT2D eigenvalue weighted by Crippen LogP contribution is 2.24. The van der Waals surface area contributed by atoms with Gasteiger partial charge >= 0.3 is 11.9 Å². The molecular weight excluding hydrogens is 320 g/mol. The Morgan fingerprint density at radius 3 is 2.12 bits per heavy atom. The van der Waals surface area contributed by atoms with Gasteiger partial charge in [0.25, 0.3) is 5.69 Å². The summed E-state index contributed by atoms with van der Waals surface area (Å²) in [4.78, 5) is 43.9. The number of ether oxygens (including phenoxy) is 2. The number of hydrogen-bond donors (Lipinski definition) is 1. The van der Waals surface area contributed by atoms with Crippen LogP contribution >= 0.6 is 0 Å². The number of carbonyl (C=O) groups excluding carboxylic acids is 3. The van der Waals surface area contributed by atoms with Crippen LogP contribution in [0.2, 0.25) is 0 Å². The molecule has 130 valence electrons. The SMILES string of the molecule is CC(=O)N[C@@H](COC(C)=O)[C@H](OC(C)=O)c1ccc([N+](=O)[O-])cc1. The zero-order valence-electron chi connectivity index (χ0n) is 13.5. The third-order valence-corrected chi connectivity index (χ3v) is 2.95. The van der Waals surface area contributed by atoms with Crippen LogP contribution in [0.25, 0.3) is 0 Å². The lowest BCUT2D eigenvalue weighted by Crippen LogP contribution is -2.43. The molecule has 1 amide bonds. The molecule has 0 saturated heterocycles. The first kappa shape index (κ1) is 19.1. The lowest BCUT2D eigenvalue weighted by Gasteiger charge is -2.27. The summed E-state index contributed by atoms with van der Waals surface area (Å²) in [5, 5.41) is 13.3. The summed E-state index contributed by atoms with van der Waals surface area (Å²) in [5.74, 6) is -1.58. The van der Waals surface area contributed by atoms with Crippen molar-refractivity contribution in [3.63, 3.8) is 0 Å². The Labute approximate surface area is 138 Å². The lowest BCUT2D eigenvalue weighted by atomic mass is 10.0. The number of nitro groups is 1. The van der Waals surface area contributed by atoms with Gasteiger partial charge in [-0.1, -0.05) is 0 Å². The molecule has 24 heavy (non-hydrogen) atoms. The minimum Gasteiger partial charge on any atom is -0.464 e. The zero-order chi connectivity index (χ0) is 18.3. The molecule has 0 aliphatic rings. The van der Waals surface area contributed by atoms with E-state index in [0.29, 0.717) is 5.56 Å². The highest BCUT2D eigenvalue weighted by molar-refractivity contribution is 5.73. The van der Waals surface area contributed by atoms with Gasteiger partial charge in [0.2, 0.25) is 5.91 Å². The summed E-state index contributed by atoms with van der Waals surface area (Å²) in [6.07, 6.45) is -0.966. The molecular formula is C15H18N2O7. The summed E-state index contributed by atoms with van der Waals surface area (Å²) in [6.45, 7) is 3.44. The first-order valence-corrected chi connectivity index (χ1v) is 7.02. The van der Waals surface area contributed by atoms with Gasteiger partial charge in [0.05, 0.1) is 4.92 Å². The number of nitrogens with one attached hydrogen (secondary N) is 1. The zero-order valence-corrected chi connectivity index (χ0v) is 13.5. The third kappa shape index (κ3) is 6.03. The molecule has 0 fully saturated rings. The standard InChI is InChI=1S/C15H18N2O7/c1-9(18)16-14(8-23-10(2)19)15(24-11(3)20)12-4-6-13(7-5-12)17(21)22/h4-7,14-15H,8H2,1-3H3,(H,16,18)/t14-,15+/m0/s1. The molecule has 1 aromatic rings. The lowest BCUT2D eigenvalue weighted by molar-refractivity contribution is -0.384. The first-order valence-electron chi connectivity index (χ1n) is 7.02. The van der Waals surface area contributed by atoms with Crippen molar-refractivity contribution in [2.24, 2.45) is 0 Å². The quantitative estimate of drug-likeness (QED) is 0.451. The molecule has 0 aliphatic carbocycles. The number of benzene rings is 1. The van der Waals surface area contributed by atoms with Crippen LogP contribution in [0.1, 0.15) is 32.4 Å². The van der Waals surface area contributed by atoms with Crippen LogP contribution in [-0.2, 0) is 23.9 Å². The molecule has 0 aromatic heterocycles. The Bertz CT molecular complexity index is 627. The molecule has 0 radical (unpaired) electrons. The predicted octanol–water partition coefficient (Wildman–Crippen LogP) is 1.27. The number of nitrogens with zero attached hydrogens (tertiary/aromatic N) is 1. The number of carbonyl (C=O) groups is 3. The number of esters is 2. The maximum absolute atomic E-state index is 11.4. The third-order valence-electron chi connectivity index (χ3n) is 2.95. The molecule has 0 unspecified atom stereocenters. The Morgan fingerprint density at radius 2 is 1.71 bits per heavy atom.